The molecule has 0 spiro atoms. The molecule has 1 aromatic carbocycles. The van der Waals surface area contributed by atoms with Crippen LogP contribution in [0, 0.1) is 11.8 Å². The van der Waals surface area contributed by atoms with Crippen LogP contribution in [0.1, 0.15) is 38.2 Å². The van der Waals surface area contributed by atoms with E-state index in [0.29, 0.717) is 4.99 Å². The maximum atomic E-state index is 12.5. The number of nitrogens with two attached hydrogens (primary N) is 1. The van der Waals surface area contributed by atoms with E-state index >= 15 is 0 Å². The van der Waals surface area contributed by atoms with Gasteiger partial charge in [-0.3, -0.25) is 4.79 Å². The lowest BCUT2D eigenvalue weighted by atomic mass is 9.82. The van der Waals surface area contributed by atoms with Crippen LogP contribution < -0.4 is 10.6 Å². The van der Waals surface area contributed by atoms with E-state index in [0.717, 1.165) is 42.9 Å². The Morgan fingerprint density at radius 1 is 1.30 bits per heavy atom. The van der Waals surface area contributed by atoms with E-state index in [1.807, 2.05) is 31.3 Å². The van der Waals surface area contributed by atoms with Gasteiger partial charge in [-0.25, -0.2) is 0 Å². The first-order valence-electron chi connectivity index (χ1n) is 7.16. The zero-order chi connectivity index (χ0) is 14.7. The van der Waals surface area contributed by atoms with Gasteiger partial charge in [-0.15, -0.1) is 0 Å². The van der Waals surface area contributed by atoms with Gasteiger partial charge in [-0.05, 0) is 43.7 Å². The highest BCUT2D eigenvalue weighted by Gasteiger charge is 2.27. The fourth-order valence-electron chi connectivity index (χ4n) is 2.78. The van der Waals surface area contributed by atoms with Gasteiger partial charge in [0.05, 0.1) is 0 Å². The highest BCUT2D eigenvalue weighted by Crippen LogP contribution is 2.30. The van der Waals surface area contributed by atoms with Crippen molar-refractivity contribution >= 4 is 28.8 Å². The molecule has 2 rings (SSSR count). The van der Waals surface area contributed by atoms with Gasteiger partial charge in [0.25, 0.3) is 0 Å². The van der Waals surface area contributed by atoms with Crippen LogP contribution in [-0.2, 0) is 4.79 Å². The van der Waals surface area contributed by atoms with Gasteiger partial charge in [0.2, 0.25) is 5.91 Å². The Labute approximate surface area is 126 Å². The average Bonchev–Trinajstić information content (AvgIpc) is 2.46. The minimum Gasteiger partial charge on any atom is -0.389 e. The van der Waals surface area contributed by atoms with E-state index in [4.69, 9.17) is 18.0 Å². The van der Waals surface area contributed by atoms with E-state index < -0.39 is 0 Å². The number of rotatable bonds is 3. The summed E-state index contributed by atoms with van der Waals surface area (Å²) in [5, 5.41) is 0. The smallest absolute Gasteiger partial charge is 0.229 e. The van der Waals surface area contributed by atoms with Gasteiger partial charge in [0, 0.05) is 24.2 Å². The van der Waals surface area contributed by atoms with Crippen molar-refractivity contribution in [3.8, 4) is 0 Å². The predicted octanol–water partition coefficient (Wildman–Crippen LogP) is 3.11. The van der Waals surface area contributed by atoms with E-state index in [1.165, 1.54) is 0 Å². The normalized spacial score (nSPS) is 22.3. The summed E-state index contributed by atoms with van der Waals surface area (Å²) in [5.41, 5.74) is 7.31. The summed E-state index contributed by atoms with van der Waals surface area (Å²) >= 11 is 4.99. The second-order valence-electron chi connectivity index (χ2n) is 5.77. The van der Waals surface area contributed by atoms with Crippen molar-refractivity contribution in [2.24, 2.45) is 17.6 Å². The topological polar surface area (TPSA) is 46.3 Å². The van der Waals surface area contributed by atoms with E-state index in [9.17, 15) is 4.79 Å². The third-order valence-corrected chi connectivity index (χ3v) is 4.45. The van der Waals surface area contributed by atoms with Crippen molar-refractivity contribution in [2.75, 3.05) is 11.9 Å². The summed E-state index contributed by atoms with van der Waals surface area (Å²) < 4.78 is 0. The molecule has 2 N–H and O–H groups in total. The number of hydrogen-bond acceptors (Lipinski definition) is 2. The molecule has 4 heteroatoms. The fraction of sp³-hybridized carbons (Fsp3) is 0.500. The monoisotopic (exact) mass is 290 g/mol. The van der Waals surface area contributed by atoms with Gasteiger partial charge in [-0.2, -0.15) is 0 Å². The van der Waals surface area contributed by atoms with Gasteiger partial charge < -0.3 is 10.6 Å². The minimum absolute atomic E-state index is 0.157. The van der Waals surface area contributed by atoms with Crippen molar-refractivity contribution in [3.05, 3.63) is 29.8 Å². The third-order valence-electron chi connectivity index (χ3n) is 4.21. The van der Waals surface area contributed by atoms with Crippen molar-refractivity contribution in [1.82, 2.24) is 0 Å². The first-order chi connectivity index (χ1) is 9.49. The Morgan fingerprint density at radius 2 is 1.95 bits per heavy atom. The van der Waals surface area contributed by atoms with E-state index in [1.54, 1.807) is 4.90 Å². The molecule has 1 aliphatic rings. The van der Waals surface area contributed by atoms with E-state index in [-0.39, 0.29) is 11.8 Å². The molecule has 0 bridgehead atoms. The summed E-state index contributed by atoms with van der Waals surface area (Å²) in [6.45, 7) is 2.26. The van der Waals surface area contributed by atoms with Crippen LogP contribution in [0.25, 0.3) is 0 Å². The summed E-state index contributed by atoms with van der Waals surface area (Å²) in [7, 11) is 1.83. The lowest BCUT2D eigenvalue weighted by molar-refractivity contribution is -0.123. The number of hydrogen-bond donors (Lipinski definition) is 1. The van der Waals surface area contributed by atoms with Crippen LogP contribution in [0.15, 0.2) is 24.3 Å². The van der Waals surface area contributed by atoms with E-state index in [2.05, 4.69) is 6.92 Å². The second kappa shape index (κ2) is 6.35. The van der Waals surface area contributed by atoms with Crippen LogP contribution in [0.5, 0.6) is 0 Å². The summed E-state index contributed by atoms with van der Waals surface area (Å²) in [5.74, 6) is 1.11. The highest BCUT2D eigenvalue weighted by molar-refractivity contribution is 7.80. The van der Waals surface area contributed by atoms with Gasteiger partial charge >= 0.3 is 0 Å². The Bertz CT molecular complexity index is 507. The average molecular weight is 290 g/mol. The molecular weight excluding hydrogens is 268 g/mol. The zero-order valence-corrected chi connectivity index (χ0v) is 13.0. The molecular formula is C16H22N2OS. The Kier molecular flexibility index (Phi) is 4.76. The number of carbonyl (C=O) groups excluding carboxylic acids is 1. The first kappa shape index (κ1) is 15.0. The molecule has 1 fully saturated rings. The number of anilines is 1. The summed E-state index contributed by atoms with van der Waals surface area (Å²) in [4.78, 5) is 14.6. The largest absolute Gasteiger partial charge is 0.389 e. The molecule has 1 aliphatic carbocycles. The summed E-state index contributed by atoms with van der Waals surface area (Å²) in [6.07, 6.45) is 4.30. The predicted molar refractivity (Wildman–Crippen MR) is 86.9 cm³/mol. The van der Waals surface area contributed by atoms with Gasteiger partial charge in [-0.1, -0.05) is 31.3 Å². The summed E-state index contributed by atoms with van der Waals surface area (Å²) in [6, 6.07) is 7.56. The molecule has 20 heavy (non-hydrogen) atoms. The molecule has 0 saturated heterocycles. The SMILES string of the molecule is CC1CCC(C(=O)N(C)c2cccc(C(N)=S)c2)CC1. The quantitative estimate of drug-likeness (QED) is 0.870. The Hall–Kier alpha value is -1.42. The van der Waals surface area contributed by atoms with Crippen molar-refractivity contribution < 1.29 is 4.79 Å². The number of benzene rings is 1. The lowest BCUT2D eigenvalue weighted by Crippen LogP contribution is -2.34. The second-order valence-corrected chi connectivity index (χ2v) is 6.21. The standard InChI is InChI=1S/C16H22N2OS/c1-11-6-8-12(9-7-11)16(19)18(2)14-5-3-4-13(10-14)15(17)20/h3-5,10-12H,6-9H2,1-2H3,(H2,17,20). The molecule has 3 nitrogen and oxygen atoms in total. The van der Waals surface area contributed by atoms with Gasteiger partial charge in [0.15, 0.2) is 0 Å². The minimum atomic E-state index is 0.157. The number of nitrogens with zero attached hydrogens (tertiary/aromatic N) is 1. The molecule has 0 atom stereocenters. The number of amides is 1. The molecule has 1 saturated carbocycles. The number of thiocarbonyl (C=S) groups is 1. The Morgan fingerprint density at radius 3 is 2.55 bits per heavy atom. The molecule has 0 radical (unpaired) electrons. The maximum absolute atomic E-state index is 12.5. The third kappa shape index (κ3) is 3.37. The highest BCUT2D eigenvalue weighted by atomic mass is 32.1. The molecule has 0 aromatic heterocycles. The lowest BCUT2D eigenvalue weighted by Gasteiger charge is -2.29. The van der Waals surface area contributed by atoms with Crippen LogP contribution in [0.2, 0.25) is 0 Å². The van der Waals surface area contributed by atoms with Crippen molar-refractivity contribution in [2.45, 2.75) is 32.6 Å². The molecule has 108 valence electrons. The molecule has 0 aliphatic heterocycles. The van der Waals surface area contributed by atoms with Crippen LogP contribution >= 0.6 is 12.2 Å². The van der Waals surface area contributed by atoms with Crippen molar-refractivity contribution in [1.29, 1.82) is 0 Å². The Balaban J connectivity index is 2.10. The fourth-order valence-corrected chi connectivity index (χ4v) is 2.90. The molecule has 0 heterocycles. The first-order valence-corrected chi connectivity index (χ1v) is 7.57. The molecule has 1 aromatic rings. The number of carbonyl (C=O) groups is 1. The maximum Gasteiger partial charge on any atom is 0.229 e. The van der Waals surface area contributed by atoms with Gasteiger partial charge in [0.1, 0.15) is 4.99 Å². The molecule has 1 amide bonds. The van der Waals surface area contributed by atoms with Crippen molar-refractivity contribution in [3.63, 3.8) is 0 Å². The van der Waals surface area contributed by atoms with Crippen LogP contribution in [0.3, 0.4) is 0 Å². The van der Waals surface area contributed by atoms with Crippen LogP contribution in [-0.4, -0.2) is 17.9 Å². The molecule has 0 unspecified atom stereocenters. The zero-order valence-electron chi connectivity index (χ0n) is 12.1. The van der Waals surface area contributed by atoms with Crippen LogP contribution in [0.4, 0.5) is 5.69 Å².